The van der Waals surface area contributed by atoms with Crippen molar-refractivity contribution in [3.8, 4) is 22.5 Å². The number of nitrogens with zero attached hydrogens (tertiary/aromatic N) is 1. The van der Waals surface area contributed by atoms with Gasteiger partial charge in [-0.25, -0.2) is 0 Å². The average molecular weight is 460 g/mol. The fourth-order valence-corrected chi connectivity index (χ4v) is 4.59. The molecule has 2 atom stereocenters. The summed E-state index contributed by atoms with van der Waals surface area (Å²) in [7, 11) is 0. The summed E-state index contributed by atoms with van der Waals surface area (Å²) in [5.74, 6) is -0.0329. The second-order valence-electron chi connectivity index (χ2n) is 8.85. The molecule has 5 rings (SSSR count). The van der Waals surface area contributed by atoms with Crippen LogP contribution in [-0.2, 0) is 9.59 Å². The SMILES string of the molecule is O=C(Nc1ccc(-c2ccc(-c3ccc(NC(=O)C4CCCN4)cc3)n2O)cc1)C1CCCN1. The molecule has 0 radical (unpaired) electrons. The molecule has 2 amide bonds. The molecular weight excluding hydrogens is 430 g/mol. The quantitative estimate of drug-likeness (QED) is 0.363. The van der Waals surface area contributed by atoms with Gasteiger partial charge in [0.2, 0.25) is 11.8 Å². The van der Waals surface area contributed by atoms with Gasteiger partial charge in [-0.15, -0.1) is 0 Å². The second-order valence-corrected chi connectivity index (χ2v) is 8.85. The van der Waals surface area contributed by atoms with Gasteiger partial charge in [-0.2, -0.15) is 4.73 Å². The summed E-state index contributed by atoms with van der Waals surface area (Å²) in [5.41, 5.74) is 4.41. The Kier molecular flexibility index (Phi) is 6.33. The van der Waals surface area contributed by atoms with Crippen LogP contribution in [0.3, 0.4) is 0 Å². The zero-order valence-corrected chi connectivity index (χ0v) is 18.9. The van der Waals surface area contributed by atoms with E-state index in [1.165, 1.54) is 0 Å². The summed E-state index contributed by atoms with van der Waals surface area (Å²) < 4.78 is 1.16. The topological polar surface area (TPSA) is 107 Å². The molecule has 8 nitrogen and oxygen atoms in total. The molecule has 176 valence electrons. The summed E-state index contributed by atoms with van der Waals surface area (Å²) in [4.78, 5) is 24.6. The molecule has 2 saturated heterocycles. The minimum Gasteiger partial charge on any atom is -0.428 e. The number of anilines is 2. The maximum atomic E-state index is 12.3. The van der Waals surface area contributed by atoms with Crippen LogP contribution < -0.4 is 21.3 Å². The van der Waals surface area contributed by atoms with E-state index in [0.717, 1.165) is 66.0 Å². The molecule has 2 aliphatic heterocycles. The lowest BCUT2D eigenvalue weighted by Gasteiger charge is -2.12. The third kappa shape index (κ3) is 4.69. The van der Waals surface area contributed by atoms with Crippen LogP contribution in [0, 0.1) is 0 Å². The fraction of sp³-hybridized carbons (Fsp3) is 0.308. The monoisotopic (exact) mass is 459 g/mol. The molecule has 5 N–H and O–H groups in total. The van der Waals surface area contributed by atoms with Crippen LogP contribution in [0.2, 0.25) is 0 Å². The van der Waals surface area contributed by atoms with Crippen molar-refractivity contribution in [2.75, 3.05) is 23.7 Å². The van der Waals surface area contributed by atoms with E-state index in [-0.39, 0.29) is 23.9 Å². The molecule has 8 heteroatoms. The van der Waals surface area contributed by atoms with Gasteiger partial charge in [-0.1, -0.05) is 24.3 Å². The van der Waals surface area contributed by atoms with E-state index < -0.39 is 0 Å². The molecule has 3 aromatic rings. The average Bonchev–Trinajstić information content (AvgIpc) is 3.63. The lowest BCUT2D eigenvalue weighted by atomic mass is 10.1. The number of benzene rings is 2. The highest BCUT2D eigenvalue weighted by Crippen LogP contribution is 2.29. The fourth-order valence-electron chi connectivity index (χ4n) is 4.59. The predicted octanol–water partition coefficient (Wildman–Crippen LogP) is 3.44. The maximum absolute atomic E-state index is 12.3. The maximum Gasteiger partial charge on any atom is 0.241 e. The zero-order valence-electron chi connectivity index (χ0n) is 18.9. The highest BCUT2D eigenvalue weighted by atomic mass is 16.5. The standard InChI is InChI=1S/C26H29N5O3/c32-25(21-3-1-15-27-21)29-19-9-5-17(6-10-19)23-13-14-24(31(23)34)18-7-11-20(12-8-18)30-26(33)22-4-2-16-28-22/h5-14,21-22,27-28,34H,1-4,15-16H2,(H,29,32)(H,30,33). The molecule has 0 bridgehead atoms. The molecular formula is C26H29N5O3. The summed E-state index contributed by atoms with van der Waals surface area (Å²) in [5, 5.41) is 23.1. The molecule has 2 unspecified atom stereocenters. The molecule has 3 heterocycles. The lowest BCUT2D eigenvalue weighted by molar-refractivity contribution is -0.118. The van der Waals surface area contributed by atoms with E-state index in [1.807, 2.05) is 60.7 Å². The number of hydrogen-bond acceptors (Lipinski definition) is 5. The Morgan fingerprint density at radius 1 is 0.706 bits per heavy atom. The highest BCUT2D eigenvalue weighted by molar-refractivity contribution is 5.96. The van der Waals surface area contributed by atoms with E-state index in [9.17, 15) is 14.8 Å². The van der Waals surface area contributed by atoms with Gasteiger partial charge in [-0.3, -0.25) is 9.59 Å². The number of carbonyl (C=O) groups is 2. The Labute approximate surface area is 198 Å². The van der Waals surface area contributed by atoms with E-state index >= 15 is 0 Å². The molecule has 34 heavy (non-hydrogen) atoms. The first-order chi connectivity index (χ1) is 16.6. The molecule has 0 saturated carbocycles. The van der Waals surface area contributed by atoms with Crippen molar-refractivity contribution in [2.24, 2.45) is 0 Å². The molecule has 0 aliphatic carbocycles. The largest absolute Gasteiger partial charge is 0.428 e. The van der Waals surface area contributed by atoms with E-state index in [1.54, 1.807) is 0 Å². The van der Waals surface area contributed by atoms with Gasteiger partial charge < -0.3 is 26.5 Å². The van der Waals surface area contributed by atoms with Gasteiger partial charge in [0.15, 0.2) is 0 Å². The number of aromatic nitrogens is 1. The minimum absolute atomic E-state index is 0.0165. The van der Waals surface area contributed by atoms with E-state index in [0.29, 0.717) is 11.4 Å². The summed E-state index contributed by atoms with van der Waals surface area (Å²) in [6.07, 6.45) is 3.75. The first-order valence-corrected chi connectivity index (χ1v) is 11.8. The van der Waals surface area contributed by atoms with Crippen LogP contribution in [-0.4, -0.2) is 46.9 Å². The zero-order chi connectivity index (χ0) is 23.5. The van der Waals surface area contributed by atoms with Crippen LogP contribution in [0.5, 0.6) is 0 Å². The number of nitrogens with one attached hydrogen (secondary N) is 4. The summed E-state index contributed by atoms with van der Waals surface area (Å²) in [6, 6.07) is 18.3. The second kappa shape index (κ2) is 9.70. The van der Waals surface area contributed by atoms with Crippen molar-refractivity contribution in [1.29, 1.82) is 0 Å². The third-order valence-electron chi connectivity index (χ3n) is 6.51. The Morgan fingerprint density at radius 3 is 1.47 bits per heavy atom. The van der Waals surface area contributed by atoms with Gasteiger partial charge in [-0.05, 0) is 75.2 Å². The van der Waals surface area contributed by atoms with Crippen LogP contribution in [0.25, 0.3) is 22.5 Å². The van der Waals surface area contributed by atoms with Crippen molar-refractivity contribution < 1.29 is 14.8 Å². The van der Waals surface area contributed by atoms with Crippen molar-refractivity contribution in [3.63, 3.8) is 0 Å². The Balaban J connectivity index is 1.25. The Hall–Kier alpha value is -3.62. The first-order valence-electron chi connectivity index (χ1n) is 11.8. The molecule has 0 spiro atoms. The number of carbonyl (C=O) groups excluding carboxylic acids is 2. The van der Waals surface area contributed by atoms with E-state index in [2.05, 4.69) is 21.3 Å². The molecule has 2 fully saturated rings. The lowest BCUT2D eigenvalue weighted by Crippen LogP contribution is -2.35. The molecule has 2 aromatic carbocycles. The number of amides is 2. The van der Waals surface area contributed by atoms with Crippen molar-refractivity contribution in [2.45, 2.75) is 37.8 Å². The highest BCUT2D eigenvalue weighted by Gasteiger charge is 2.23. The Morgan fingerprint density at radius 2 is 1.12 bits per heavy atom. The molecule has 2 aliphatic rings. The van der Waals surface area contributed by atoms with Gasteiger partial charge in [0.05, 0.1) is 23.5 Å². The van der Waals surface area contributed by atoms with Crippen LogP contribution >= 0.6 is 0 Å². The number of hydrogen-bond donors (Lipinski definition) is 5. The minimum atomic E-state index is -0.129. The normalized spacial score (nSPS) is 19.8. The van der Waals surface area contributed by atoms with Crippen LogP contribution in [0.4, 0.5) is 11.4 Å². The van der Waals surface area contributed by atoms with Gasteiger partial charge >= 0.3 is 0 Å². The summed E-state index contributed by atoms with van der Waals surface area (Å²) in [6.45, 7) is 1.75. The van der Waals surface area contributed by atoms with Gasteiger partial charge in [0.25, 0.3) is 0 Å². The van der Waals surface area contributed by atoms with Crippen molar-refractivity contribution in [3.05, 3.63) is 60.7 Å². The Bertz CT molecular complexity index is 1070. The third-order valence-corrected chi connectivity index (χ3v) is 6.51. The van der Waals surface area contributed by atoms with E-state index in [4.69, 9.17) is 0 Å². The van der Waals surface area contributed by atoms with Gasteiger partial charge in [0, 0.05) is 22.5 Å². The molecule has 1 aromatic heterocycles. The summed E-state index contributed by atoms with van der Waals surface area (Å²) >= 11 is 0. The van der Waals surface area contributed by atoms with Crippen molar-refractivity contribution >= 4 is 23.2 Å². The number of rotatable bonds is 6. The van der Waals surface area contributed by atoms with Crippen LogP contribution in [0.15, 0.2) is 60.7 Å². The van der Waals surface area contributed by atoms with Gasteiger partial charge in [0.1, 0.15) is 0 Å². The first kappa shape index (κ1) is 22.2. The smallest absolute Gasteiger partial charge is 0.241 e. The predicted molar refractivity (Wildman–Crippen MR) is 132 cm³/mol. The van der Waals surface area contributed by atoms with Crippen LogP contribution in [0.1, 0.15) is 25.7 Å². The van der Waals surface area contributed by atoms with Crippen molar-refractivity contribution in [1.82, 2.24) is 15.4 Å².